The van der Waals surface area contributed by atoms with Crippen molar-refractivity contribution in [3.8, 4) is 0 Å². The standard InChI is InChI=1S/C14H24N2O2S2/c1-10(12-6-4-5-7-12)16-20(17,18)14-8-13(9-15-3)19-11(14)2/h8,10,12,15-16H,4-7,9H2,1-3H3. The molecule has 1 heterocycles. The van der Waals surface area contributed by atoms with E-state index in [1.54, 1.807) is 17.4 Å². The van der Waals surface area contributed by atoms with E-state index in [0.717, 1.165) is 22.6 Å². The first-order chi connectivity index (χ1) is 9.44. The fourth-order valence-corrected chi connectivity index (χ4v) is 5.87. The Bertz CT molecular complexity index is 546. The summed E-state index contributed by atoms with van der Waals surface area (Å²) in [6.45, 7) is 4.57. The lowest BCUT2D eigenvalue weighted by Crippen LogP contribution is -2.37. The lowest BCUT2D eigenvalue weighted by atomic mass is 10.0. The molecule has 0 radical (unpaired) electrons. The summed E-state index contributed by atoms with van der Waals surface area (Å²) in [4.78, 5) is 2.36. The maximum Gasteiger partial charge on any atom is 0.241 e. The zero-order valence-corrected chi connectivity index (χ0v) is 14.0. The average molecular weight is 316 g/mol. The van der Waals surface area contributed by atoms with Gasteiger partial charge in [-0.25, -0.2) is 13.1 Å². The summed E-state index contributed by atoms with van der Waals surface area (Å²) in [6, 6.07) is 1.81. The van der Waals surface area contributed by atoms with Crippen molar-refractivity contribution in [3.63, 3.8) is 0 Å². The van der Waals surface area contributed by atoms with Gasteiger partial charge in [-0.15, -0.1) is 11.3 Å². The minimum absolute atomic E-state index is 0.0227. The Labute approximate surface area is 126 Å². The van der Waals surface area contributed by atoms with E-state index < -0.39 is 10.0 Å². The van der Waals surface area contributed by atoms with Crippen LogP contribution in [0.3, 0.4) is 0 Å². The van der Waals surface area contributed by atoms with Crippen molar-refractivity contribution in [1.29, 1.82) is 0 Å². The van der Waals surface area contributed by atoms with Gasteiger partial charge in [-0.3, -0.25) is 0 Å². The molecule has 1 fully saturated rings. The molecule has 114 valence electrons. The number of aryl methyl sites for hydroxylation is 1. The molecule has 1 saturated carbocycles. The van der Waals surface area contributed by atoms with Gasteiger partial charge in [0.25, 0.3) is 0 Å². The average Bonchev–Trinajstić information content (AvgIpc) is 2.98. The van der Waals surface area contributed by atoms with E-state index in [4.69, 9.17) is 0 Å². The SMILES string of the molecule is CNCc1cc(S(=O)(=O)NC(C)C2CCCC2)c(C)s1. The smallest absolute Gasteiger partial charge is 0.241 e. The predicted octanol–water partition coefficient (Wildman–Crippen LogP) is 2.63. The first-order valence-electron chi connectivity index (χ1n) is 7.20. The minimum atomic E-state index is -3.39. The van der Waals surface area contributed by atoms with Gasteiger partial charge < -0.3 is 5.32 Å². The third-order valence-electron chi connectivity index (χ3n) is 4.01. The topological polar surface area (TPSA) is 58.2 Å². The Morgan fingerprint density at radius 1 is 1.40 bits per heavy atom. The van der Waals surface area contributed by atoms with Gasteiger partial charge in [0.2, 0.25) is 10.0 Å². The van der Waals surface area contributed by atoms with Gasteiger partial charge in [0, 0.05) is 22.3 Å². The van der Waals surface area contributed by atoms with Gasteiger partial charge >= 0.3 is 0 Å². The van der Waals surface area contributed by atoms with Crippen molar-refractivity contribution < 1.29 is 8.42 Å². The van der Waals surface area contributed by atoms with Crippen LogP contribution in [0.25, 0.3) is 0 Å². The van der Waals surface area contributed by atoms with Crippen molar-refractivity contribution >= 4 is 21.4 Å². The summed E-state index contributed by atoms with van der Waals surface area (Å²) in [5.41, 5.74) is 0. The van der Waals surface area contributed by atoms with Gasteiger partial charge in [-0.2, -0.15) is 0 Å². The third-order valence-corrected chi connectivity index (χ3v) is 6.88. The highest BCUT2D eigenvalue weighted by atomic mass is 32.2. The molecule has 0 bridgehead atoms. The van der Waals surface area contributed by atoms with E-state index in [1.807, 2.05) is 20.9 Å². The number of rotatable bonds is 6. The maximum atomic E-state index is 12.5. The highest BCUT2D eigenvalue weighted by Crippen LogP contribution is 2.30. The van der Waals surface area contributed by atoms with Crippen molar-refractivity contribution in [2.24, 2.45) is 5.92 Å². The summed E-state index contributed by atoms with van der Waals surface area (Å²) in [7, 11) is -1.53. The summed E-state index contributed by atoms with van der Waals surface area (Å²) in [5, 5.41) is 3.06. The molecule has 4 nitrogen and oxygen atoms in total. The van der Waals surface area contributed by atoms with Gasteiger partial charge in [0.05, 0.1) is 4.90 Å². The van der Waals surface area contributed by atoms with Crippen LogP contribution in [-0.2, 0) is 16.6 Å². The quantitative estimate of drug-likeness (QED) is 0.848. The second-order valence-electron chi connectivity index (χ2n) is 5.62. The van der Waals surface area contributed by atoms with E-state index in [9.17, 15) is 8.42 Å². The molecule has 6 heteroatoms. The lowest BCUT2D eigenvalue weighted by molar-refractivity contribution is 0.424. The van der Waals surface area contributed by atoms with E-state index >= 15 is 0 Å². The zero-order chi connectivity index (χ0) is 14.8. The number of hydrogen-bond acceptors (Lipinski definition) is 4. The van der Waals surface area contributed by atoms with Crippen LogP contribution in [0.5, 0.6) is 0 Å². The fourth-order valence-electron chi connectivity index (χ4n) is 2.91. The first kappa shape index (κ1) is 15.9. The van der Waals surface area contributed by atoms with Crippen LogP contribution >= 0.6 is 11.3 Å². The number of nitrogens with one attached hydrogen (secondary N) is 2. The van der Waals surface area contributed by atoms with Crippen LogP contribution in [-0.4, -0.2) is 21.5 Å². The van der Waals surface area contributed by atoms with Crippen molar-refractivity contribution in [1.82, 2.24) is 10.0 Å². The van der Waals surface area contributed by atoms with Crippen LogP contribution in [0.2, 0.25) is 0 Å². The highest BCUT2D eigenvalue weighted by molar-refractivity contribution is 7.89. The summed E-state index contributed by atoms with van der Waals surface area (Å²) >= 11 is 1.54. The largest absolute Gasteiger partial charge is 0.315 e. The van der Waals surface area contributed by atoms with E-state index in [1.165, 1.54) is 12.8 Å². The molecule has 2 N–H and O–H groups in total. The van der Waals surface area contributed by atoms with Crippen LogP contribution in [0.15, 0.2) is 11.0 Å². The van der Waals surface area contributed by atoms with Gasteiger partial charge in [0.1, 0.15) is 0 Å². The highest BCUT2D eigenvalue weighted by Gasteiger charge is 2.27. The van der Waals surface area contributed by atoms with Crippen molar-refractivity contribution in [2.45, 2.75) is 57.0 Å². The molecular weight excluding hydrogens is 292 g/mol. The first-order valence-corrected chi connectivity index (χ1v) is 9.50. The molecule has 0 spiro atoms. The molecule has 1 aromatic heterocycles. The molecule has 20 heavy (non-hydrogen) atoms. The third kappa shape index (κ3) is 3.61. The molecular formula is C14H24N2O2S2. The predicted molar refractivity (Wildman–Crippen MR) is 83.6 cm³/mol. The second-order valence-corrected chi connectivity index (χ2v) is 8.64. The van der Waals surface area contributed by atoms with Crippen LogP contribution in [0.4, 0.5) is 0 Å². The summed E-state index contributed by atoms with van der Waals surface area (Å²) < 4.78 is 27.9. The summed E-state index contributed by atoms with van der Waals surface area (Å²) in [5.74, 6) is 0.487. The van der Waals surface area contributed by atoms with Gasteiger partial charge in [-0.1, -0.05) is 12.8 Å². The van der Waals surface area contributed by atoms with Gasteiger partial charge in [-0.05, 0) is 45.7 Å². The normalized spacial score (nSPS) is 18.6. The fraction of sp³-hybridized carbons (Fsp3) is 0.714. The van der Waals surface area contributed by atoms with Crippen molar-refractivity contribution in [3.05, 3.63) is 15.8 Å². The van der Waals surface area contributed by atoms with Crippen LogP contribution < -0.4 is 10.0 Å². The lowest BCUT2D eigenvalue weighted by Gasteiger charge is -2.20. The van der Waals surface area contributed by atoms with E-state index in [-0.39, 0.29) is 6.04 Å². The molecule has 1 unspecified atom stereocenters. The molecule has 1 aliphatic rings. The Hall–Kier alpha value is -0.430. The maximum absolute atomic E-state index is 12.5. The Balaban J connectivity index is 2.13. The number of thiophene rings is 1. The van der Waals surface area contributed by atoms with Crippen molar-refractivity contribution in [2.75, 3.05) is 7.05 Å². The number of hydrogen-bond donors (Lipinski definition) is 2. The molecule has 0 amide bonds. The molecule has 1 atom stereocenters. The second kappa shape index (κ2) is 6.56. The summed E-state index contributed by atoms with van der Waals surface area (Å²) in [6.07, 6.45) is 4.72. The molecule has 0 aromatic carbocycles. The zero-order valence-electron chi connectivity index (χ0n) is 12.4. The Morgan fingerprint density at radius 3 is 2.65 bits per heavy atom. The molecule has 2 rings (SSSR count). The number of sulfonamides is 1. The van der Waals surface area contributed by atoms with Crippen LogP contribution in [0.1, 0.15) is 42.4 Å². The molecule has 1 aromatic rings. The Kier molecular flexibility index (Phi) is 5.23. The monoisotopic (exact) mass is 316 g/mol. The van der Waals surface area contributed by atoms with Gasteiger partial charge in [0.15, 0.2) is 0 Å². The molecule has 1 aliphatic carbocycles. The van der Waals surface area contributed by atoms with Crippen LogP contribution in [0, 0.1) is 12.8 Å². The minimum Gasteiger partial charge on any atom is -0.315 e. The molecule has 0 saturated heterocycles. The van der Waals surface area contributed by atoms with E-state index in [2.05, 4.69) is 10.0 Å². The Morgan fingerprint density at radius 2 is 2.05 bits per heavy atom. The molecule has 0 aliphatic heterocycles. The van der Waals surface area contributed by atoms with E-state index in [0.29, 0.717) is 17.4 Å².